The summed E-state index contributed by atoms with van der Waals surface area (Å²) in [6, 6.07) is 7.21. The Labute approximate surface area is 113 Å². The molecule has 0 fully saturated rings. The second kappa shape index (κ2) is 6.89. The minimum atomic E-state index is -0.515. The first-order valence-corrected chi connectivity index (χ1v) is 6.34. The van der Waals surface area contributed by atoms with Crippen LogP contribution in [0, 0.1) is 0 Å². The maximum Gasteiger partial charge on any atom is 0.254 e. The maximum atomic E-state index is 12.5. The number of amides is 2. The first kappa shape index (κ1) is 15.2. The molecule has 0 saturated heterocycles. The monoisotopic (exact) mass is 263 g/mol. The molecular weight excluding hydrogens is 242 g/mol. The fraction of sp³-hybridized carbons (Fsp3) is 0.429. The second-order valence-corrected chi connectivity index (χ2v) is 4.69. The van der Waals surface area contributed by atoms with Crippen molar-refractivity contribution in [1.29, 1.82) is 0 Å². The Bertz CT molecular complexity index is 458. The smallest absolute Gasteiger partial charge is 0.254 e. The number of nitrogens with two attached hydrogens (primary N) is 2. The molecule has 1 aromatic carbocycles. The van der Waals surface area contributed by atoms with Crippen LogP contribution in [0.4, 0.5) is 0 Å². The highest BCUT2D eigenvalue weighted by Gasteiger charge is 2.22. The van der Waals surface area contributed by atoms with Crippen LogP contribution in [0.3, 0.4) is 0 Å². The predicted octanol–water partition coefficient (Wildman–Crippen LogP) is 0.524. The summed E-state index contributed by atoms with van der Waals surface area (Å²) in [7, 11) is 0. The lowest BCUT2D eigenvalue weighted by molar-refractivity contribution is -0.119. The quantitative estimate of drug-likeness (QED) is 0.784. The average Bonchev–Trinajstić information content (AvgIpc) is 2.36. The zero-order valence-corrected chi connectivity index (χ0v) is 11.4. The van der Waals surface area contributed by atoms with Gasteiger partial charge in [-0.05, 0) is 38.4 Å². The molecule has 0 unspecified atom stereocenters. The molecule has 0 bridgehead atoms. The van der Waals surface area contributed by atoms with Crippen molar-refractivity contribution in [3.63, 3.8) is 0 Å². The van der Waals surface area contributed by atoms with Gasteiger partial charge in [0.05, 0.1) is 6.54 Å². The molecule has 104 valence electrons. The van der Waals surface area contributed by atoms with Crippen molar-refractivity contribution >= 4 is 11.8 Å². The Morgan fingerprint density at radius 2 is 1.89 bits per heavy atom. The van der Waals surface area contributed by atoms with Crippen molar-refractivity contribution < 1.29 is 9.59 Å². The molecule has 5 heteroatoms. The van der Waals surface area contributed by atoms with Crippen LogP contribution < -0.4 is 11.5 Å². The number of benzene rings is 1. The molecule has 0 radical (unpaired) electrons. The van der Waals surface area contributed by atoms with Crippen molar-refractivity contribution in [3.05, 3.63) is 35.4 Å². The number of nitrogens with zero attached hydrogens (tertiary/aromatic N) is 1. The van der Waals surface area contributed by atoms with E-state index < -0.39 is 5.91 Å². The van der Waals surface area contributed by atoms with Crippen LogP contribution in [0.15, 0.2) is 24.3 Å². The van der Waals surface area contributed by atoms with Crippen molar-refractivity contribution in [1.82, 2.24) is 4.90 Å². The van der Waals surface area contributed by atoms with E-state index in [1.54, 1.807) is 12.1 Å². The van der Waals surface area contributed by atoms with Gasteiger partial charge < -0.3 is 16.4 Å². The molecule has 0 saturated carbocycles. The summed E-state index contributed by atoms with van der Waals surface area (Å²) in [4.78, 5) is 25.0. The van der Waals surface area contributed by atoms with E-state index >= 15 is 0 Å². The normalized spacial score (nSPS) is 10.5. The number of primary amides is 1. The molecule has 1 rings (SSSR count). The number of hydrogen-bond acceptors (Lipinski definition) is 3. The summed E-state index contributed by atoms with van der Waals surface area (Å²) >= 11 is 0. The Morgan fingerprint density at radius 1 is 1.26 bits per heavy atom. The highest BCUT2D eigenvalue weighted by Crippen LogP contribution is 2.14. The lowest BCUT2D eigenvalue weighted by atomic mass is 10.0. The van der Waals surface area contributed by atoms with Crippen molar-refractivity contribution in [2.24, 2.45) is 11.5 Å². The maximum absolute atomic E-state index is 12.5. The van der Waals surface area contributed by atoms with Crippen LogP contribution in [0.25, 0.3) is 0 Å². The van der Waals surface area contributed by atoms with Gasteiger partial charge in [0.1, 0.15) is 0 Å². The van der Waals surface area contributed by atoms with E-state index in [0.29, 0.717) is 18.5 Å². The van der Waals surface area contributed by atoms with Gasteiger partial charge in [-0.1, -0.05) is 18.2 Å². The van der Waals surface area contributed by atoms with Gasteiger partial charge in [-0.2, -0.15) is 0 Å². The van der Waals surface area contributed by atoms with Crippen LogP contribution >= 0.6 is 0 Å². The van der Waals surface area contributed by atoms with Crippen molar-refractivity contribution in [3.8, 4) is 0 Å². The Hall–Kier alpha value is -1.88. The number of rotatable bonds is 6. The third kappa shape index (κ3) is 4.06. The highest BCUT2D eigenvalue weighted by atomic mass is 16.2. The van der Waals surface area contributed by atoms with E-state index in [4.69, 9.17) is 11.5 Å². The Balaban J connectivity index is 3.05. The molecule has 1 aromatic rings. The lowest BCUT2D eigenvalue weighted by Gasteiger charge is -2.26. The molecule has 0 aliphatic heterocycles. The fourth-order valence-corrected chi connectivity index (χ4v) is 1.91. The third-order valence-electron chi connectivity index (χ3n) is 2.87. The number of hydrogen-bond donors (Lipinski definition) is 2. The average molecular weight is 263 g/mol. The van der Waals surface area contributed by atoms with E-state index in [-0.39, 0.29) is 18.5 Å². The van der Waals surface area contributed by atoms with Gasteiger partial charge in [-0.25, -0.2) is 0 Å². The molecule has 4 N–H and O–H groups in total. The summed E-state index contributed by atoms with van der Waals surface area (Å²) < 4.78 is 0. The van der Waals surface area contributed by atoms with Gasteiger partial charge in [-0.3, -0.25) is 9.59 Å². The minimum Gasteiger partial charge on any atom is -0.368 e. The molecule has 2 amide bonds. The molecule has 5 nitrogen and oxygen atoms in total. The molecule has 0 spiro atoms. The third-order valence-corrected chi connectivity index (χ3v) is 2.87. The summed E-state index contributed by atoms with van der Waals surface area (Å²) in [6.07, 6.45) is 0.629. The summed E-state index contributed by atoms with van der Waals surface area (Å²) in [5.41, 5.74) is 12.2. The minimum absolute atomic E-state index is 0.0759. The predicted molar refractivity (Wildman–Crippen MR) is 74.6 cm³/mol. The zero-order valence-electron chi connectivity index (χ0n) is 11.4. The van der Waals surface area contributed by atoms with Crippen molar-refractivity contribution in [2.75, 3.05) is 13.1 Å². The van der Waals surface area contributed by atoms with E-state index in [2.05, 4.69) is 0 Å². The van der Waals surface area contributed by atoms with Crippen LogP contribution in [0.2, 0.25) is 0 Å². The van der Waals surface area contributed by atoms with E-state index in [9.17, 15) is 9.59 Å². The number of carbonyl (C=O) groups is 2. The van der Waals surface area contributed by atoms with Crippen molar-refractivity contribution in [2.45, 2.75) is 26.3 Å². The number of carbonyl (C=O) groups excluding carboxylic acids is 2. The first-order valence-electron chi connectivity index (χ1n) is 6.34. The molecule has 0 heterocycles. The first-order chi connectivity index (χ1) is 8.97. The molecule has 0 aliphatic rings. The standard InChI is InChI=1S/C14H21N3O2/c1-10(2)17(9-13(16)18)14(19)12-6-4-3-5-11(12)7-8-15/h3-6,10H,7-9,15H2,1-2H3,(H2,16,18). The highest BCUT2D eigenvalue weighted by molar-refractivity contribution is 5.97. The van der Waals surface area contributed by atoms with Gasteiger partial charge in [-0.15, -0.1) is 0 Å². The molecule has 19 heavy (non-hydrogen) atoms. The van der Waals surface area contributed by atoms with Crippen LogP contribution in [-0.2, 0) is 11.2 Å². The zero-order chi connectivity index (χ0) is 14.4. The van der Waals surface area contributed by atoms with Gasteiger partial charge in [0.2, 0.25) is 5.91 Å². The molecule has 0 aliphatic carbocycles. The molecule has 0 atom stereocenters. The van der Waals surface area contributed by atoms with Crippen LogP contribution in [0.5, 0.6) is 0 Å². The summed E-state index contributed by atoms with van der Waals surface area (Å²) in [6.45, 7) is 4.11. The SMILES string of the molecule is CC(C)N(CC(N)=O)C(=O)c1ccccc1CCN. The van der Waals surface area contributed by atoms with Gasteiger partial charge in [0.15, 0.2) is 0 Å². The Kier molecular flexibility index (Phi) is 5.51. The summed E-state index contributed by atoms with van der Waals surface area (Å²) in [5, 5.41) is 0. The van der Waals surface area contributed by atoms with Gasteiger partial charge in [0, 0.05) is 11.6 Å². The second-order valence-electron chi connectivity index (χ2n) is 4.69. The Morgan fingerprint density at radius 3 is 2.42 bits per heavy atom. The van der Waals surface area contributed by atoms with Crippen LogP contribution in [-0.4, -0.2) is 35.8 Å². The fourth-order valence-electron chi connectivity index (χ4n) is 1.91. The largest absolute Gasteiger partial charge is 0.368 e. The van der Waals surface area contributed by atoms with Crippen LogP contribution in [0.1, 0.15) is 29.8 Å². The molecule has 0 aromatic heterocycles. The molecular formula is C14H21N3O2. The van der Waals surface area contributed by atoms with Gasteiger partial charge in [0.25, 0.3) is 5.91 Å². The van der Waals surface area contributed by atoms with E-state index in [1.165, 1.54) is 4.90 Å². The lowest BCUT2D eigenvalue weighted by Crippen LogP contribution is -2.43. The topological polar surface area (TPSA) is 89.4 Å². The van der Waals surface area contributed by atoms with Gasteiger partial charge >= 0.3 is 0 Å². The van der Waals surface area contributed by atoms with E-state index in [0.717, 1.165) is 5.56 Å². The van der Waals surface area contributed by atoms with E-state index in [1.807, 2.05) is 26.0 Å². The summed E-state index contributed by atoms with van der Waals surface area (Å²) in [5.74, 6) is -0.698.